The number of hydrogen-bond donors (Lipinski definition) is 2. The molecule has 0 aromatic carbocycles. The highest BCUT2D eigenvalue weighted by atomic mass is 15.0. The fourth-order valence-corrected chi connectivity index (χ4v) is 8.46. The molecule has 8 nitrogen and oxygen atoms in total. The van der Waals surface area contributed by atoms with E-state index in [1.165, 1.54) is 136 Å². The van der Waals surface area contributed by atoms with Crippen LogP contribution in [-0.2, 0) is 39.3 Å². The van der Waals surface area contributed by atoms with Gasteiger partial charge in [0.05, 0.1) is 0 Å². The van der Waals surface area contributed by atoms with Crippen molar-refractivity contribution < 1.29 is 38.9 Å². The Morgan fingerprint density at radius 1 is 0.210 bits per heavy atom. The van der Waals surface area contributed by atoms with Crippen molar-refractivity contribution in [1.82, 2.24) is 0 Å². The highest BCUT2D eigenvalue weighted by molar-refractivity contribution is 5.62. The predicted octanol–water partition coefficient (Wildman–Crippen LogP) is 6.54. The average Bonchev–Trinajstić information content (AvgIpc) is 3.32. The molecule has 0 radical (unpaired) electrons. The first-order valence-corrected chi connectivity index (χ1v) is 24.2. The van der Waals surface area contributed by atoms with Crippen molar-refractivity contribution in [1.29, 1.82) is 0 Å². The van der Waals surface area contributed by atoms with Gasteiger partial charge < -0.3 is 11.5 Å². The lowest BCUT2D eigenvalue weighted by Gasteiger charge is -2.03. The molecule has 6 N–H and O–H groups in total. The van der Waals surface area contributed by atoms with Gasteiger partial charge in [-0.15, -0.1) is 0 Å². The number of nitrogens with zero attached hydrogens (tertiary/aromatic N) is 6. The molecule has 0 aliphatic carbocycles. The molecule has 0 aliphatic heterocycles. The Bertz CT molecular complexity index is 1930. The topological polar surface area (TPSA) is 78.6 Å². The third-order valence-corrected chi connectivity index (χ3v) is 12.3. The molecular weight excluding hydrogens is 761 g/mol. The quantitative estimate of drug-likeness (QED) is 0.0398. The van der Waals surface area contributed by atoms with Gasteiger partial charge in [-0.05, 0) is 59.1 Å². The molecular formula is C54H78N8+8. The van der Waals surface area contributed by atoms with E-state index < -0.39 is 0 Å². The molecule has 0 unspecified atom stereocenters. The van der Waals surface area contributed by atoms with Gasteiger partial charge in [0.1, 0.15) is 39.3 Å². The van der Waals surface area contributed by atoms with Crippen LogP contribution in [0.15, 0.2) is 147 Å². The minimum absolute atomic E-state index is 0.913. The highest BCUT2D eigenvalue weighted by Crippen LogP contribution is 2.18. The van der Waals surface area contributed by atoms with Gasteiger partial charge in [0.2, 0.25) is 0 Å². The predicted molar refractivity (Wildman–Crippen MR) is 246 cm³/mol. The maximum Gasteiger partial charge on any atom is 0.196 e. The summed E-state index contributed by atoms with van der Waals surface area (Å²) >= 11 is 0. The van der Waals surface area contributed by atoms with E-state index in [9.17, 15) is 0 Å². The van der Waals surface area contributed by atoms with Crippen LogP contribution in [0.4, 0.5) is 0 Å². The molecule has 6 aromatic rings. The van der Waals surface area contributed by atoms with Gasteiger partial charge in [0.25, 0.3) is 0 Å². The molecule has 0 amide bonds. The molecule has 0 fully saturated rings. The minimum atomic E-state index is 0.913. The summed E-state index contributed by atoms with van der Waals surface area (Å²) in [7, 11) is 0. The Kier molecular flexibility index (Phi) is 20.2. The van der Waals surface area contributed by atoms with Crippen LogP contribution in [0.25, 0.3) is 33.4 Å². The zero-order chi connectivity index (χ0) is 42.9. The molecule has 0 bridgehead atoms. The van der Waals surface area contributed by atoms with Crippen LogP contribution in [0, 0.1) is 0 Å². The van der Waals surface area contributed by atoms with Crippen molar-refractivity contribution in [2.45, 2.75) is 142 Å². The number of quaternary nitrogens is 2. The summed E-state index contributed by atoms with van der Waals surface area (Å²) in [4.78, 5) is 0. The van der Waals surface area contributed by atoms with Gasteiger partial charge in [0.15, 0.2) is 87.5 Å². The minimum Gasteiger partial charge on any atom is -0.352 e. The molecule has 0 saturated heterocycles. The van der Waals surface area contributed by atoms with Crippen LogP contribution in [-0.4, -0.2) is 13.1 Å². The van der Waals surface area contributed by atoms with Crippen molar-refractivity contribution in [3.05, 3.63) is 147 Å². The standard InChI is InChI=1S/C54H76N8/c55-29-47-61-43-25-53(26-44-61)51-21-39-59(40-22-51)33-15-11-7-3-1-5-9-13-31-57-35-17-49(18-36-57)50-19-37-58(38-20-50)32-14-10-6-2-4-8-12-16-34-60-41-23-52(24-42-60)54-27-45-62(46-28-54)48-30-56/h17-28,35-46H,1-16,29-34,47-48,55-56H2/q+6/p+2. The molecule has 0 atom stereocenters. The van der Waals surface area contributed by atoms with Crippen molar-refractivity contribution in [3.8, 4) is 33.4 Å². The van der Waals surface area contributed by atoms with Crippen LogP contribution in [0.5, 0.6) is 0 Å². The third kappa shape index (κ3) is 16.3. The second-order valence-corrected chi connectivity index (χ2v) is 17.3. The molecule has 6 rings (SSSR count). The summed E-state index contributed by atoms with van der Waals surface area (Å²) in [5.41, 5.74) is 15.6. The summed E-state index contributed by atoms with van der Waals surface area (Å²) in [5.74, 6) is 0. The van der Waals surface area contributed by atoms with Gasteiger partial charge in [-0.25, -0.2) is 18.3 Å². The Hall–Kier alpha value is -5.18. The average molecular weight is 839 g/mol. The number of aromatic nitrogens is 6. The maximum atomic E-state index is 3.94. The number of aryl methyl sites for hydroxylation is 4. The molecule has 6 heterocycles. The number of pyridine rings is 6. The van der Waals surface area contributed by atoms with Crippen molar-refractivity contribution in [2.24, 2.45) is 0 Å². The second kappa shape index (κ2) is 27.0. The summed E-state index contributed by atoms with van der Waals surface area (Å²) in [6.45, 7) is 8.18. The van der Waals surface area contributed by atoms with Gasteiger partial charge in [-0.3, -0.25) is 0 Å². The van der Waals surface area contributed by atoms with Crippen LogP contribution in [0.2, 0.25) is 0 Å². The number of unbranched alkanes of at least 4 members (excludes halogenated alkanes) is 14. The van der Waals surface area contributed by atoms with E-state index in [-0.39, 0.29) is 0 Å². The lowest BCUT2D eigenvalue weighted by molar-refractivity contribution is -0.711. The van der Waals surface area contributed by atoms with Crippen LogP contribution in [0.3, 0.4) is 0 Å². The molecule has 0 spiro atoms. The van der Waals surface area contributed by atoms with Gasteiger partial charge >= 0.3 is 0 Å². The first-order valence-electron chi connectivity index (χ1n) is 24.2. The molecule has 326 valence electrons. The van der Waals surface area contributed by atoms with Crippen molar-refractivity contribution in [3.63, 3.8) is 0 Å². The van der Waals surface area contributed by atoms with Crippen LogP contribution >= 0.6 is 0 Å². The van der Waals surface area contributed by atoms with Gasteiger partial charge in [-0.2, -0.15) is 9.13 Å². The second-order valence-electron chi connectivity index (χ2n) is 17.3. The van der Waals surface area contributed by atoms with E-state index >= 15 is 0 Å². The fraction of sp³-hybridized carbons (Fsp3) is 0.444. The zero-order valence-corrected chi connectivity index (χ0v) is 37.9. The Labute approximate surface area is 373 Å². The maximum absolute atomic E-state index is 3.94. The normalized spacial score (nSPS) is 11.3. The van der Waals surface area contributed by atoms with E-state index in [1.807, 2.05) is 0 Å². The van der Waals surface area contributed by atoms with E-state index in [2.05, 4.69) is 186 Å². The Morgan fingerprint density at radius 2 is 0.355 bits per heavy atom. The lowest BCUT2D eigenvalue weighted by Crippen LogP contribution is -2.56. The summed E-state index contributed by atoms with van der Waals surface area (Å²) in [6, 6.07) is 26.9. The van der Waals surface area contributed by atoms with E-state index in [4.69, 9.17) is 0 Å². The number of hydrogen-bond acceptors (Lipinski definition) is 0. The molecule has 0 aliphatic rings. The zero-order valence-electron chi connectivity index (χ0n) is 37.9. The van der Waals surface area contributed by atoms with Gasteiger partial charge in [0, 0.05) is 98.5 Å². The van der Waals surface area contributed by atoms with Crippen LogP contribution in [0.1, 0.15) is 103 Å². The summed E-state index contributed by atoms with van der Waals surface area (Å²) in [6.07, 6.45) is 47.6. The monoisotopic (exact) mass is 839 g/mol. The summed E-state index contributed by atoms with van der Waals surface area (Å²) in [5, 5.41) is 0. The largest absolute Gasteiger partial charge is 0.352 e. The first kappa shape index (κ1) is 46.3. The Balaban J connectivity index is 0.732. The first-order chi connectivity index (χ1) is 30.7. The van der Waals surface area contributed by atoms with Crippen molar-refractivity contribution in [2.75, 3.05) is 13.1 Å². The molecule has 0 saturated carbocycles. The third-order valence-electron chi connectivity index (χ3n) is 12.3. The fourth-order valence-electron chi connectivity index (χ4n) is 8.46. The molecule has 62 heavy (non-hydrogen) atoms. The van der Waals surface area contributed by atoms with E-state index in [0.717, 1.165) is 52.4 Å². The summed E-state index contributed by atoms with van der Waals surface area (Å²) < 4.78 is 13.7. The lowest BCUT2D eigenvalue weighted by atomic mass is 10.1. The van der Waals surface area contributed by atoms with Crippen LogP contribution < -0.4 is 38.9 Å². The SMILES string of the molecule is [NH3+]CC[n+]1ccc(-c2cc[n+](CCCCCCCCCC[n+]3ccc(-c4cc[n+](CCCCCCCCCC[n+]5ccc(-c6cc[n+](CC[NH3+])cc6)cc5)cc4)cc3)cc2)cc1. The van der Waals surface area contributed by atoms with E-state index in [1.54, 1.807) is 0 Å². The van der Waals surface area contributed by atoms with Gasteiger partial charge in [-0.1, -0.05) is 51.4 Å². The smallest absolute Gasteiger partial charge is 0.196 e. The number of rotatable bonds is 29. The Morgan fingerprint density at radius 3 is 0.516 bits per heavy atom. The van der Waals surface area contributed by atoms with E-state index in [0.29, 0.717) is 0 Å². The molecule has 8 heteroatoms. The highest BCUT2D eigenvalue weighted by Gasteiger charge is 2.10. The molecule has 6 aromatic heterocycles. The van der Waals surface area contributed by atoms with Crippen molar-refractivity contribution >= 4 is 0 Å².